The van der Waals surface area contributed by atoms with Crippen molar-refractivity contribution in [3.8, 4) is 0 Å². The molecule has 0 fully saturated rings. The minimum absolute atomic E-state index is 0.0786. The van der Waals surface area contributed by atoms with E-state index in [4.69, 9.17) is 17.3 Å². The van der Waals surface area contributed by atoms with Gasteiger partial charge in [0, 0.05) is 40.3 Å². The quantitative estimate of drug-likeness (QED) is 0.682. The van der Waals surface area contributed by atoms with Gasteiger partial charge in [-0.1, -0.05) is 56.3 Å². The Hall–Kier alpha value is -1.77. The van der Waals surface area contributed by atoms with Crippen molar-refractivity contribution in [2.24, 2.45) is 12.8 Å². The van der Waals surface area contributed by atoms with Gasteiger partial charge in [-0.3, -0.25) is 0 Å². The maximum atomic E-state index is 6.21. The molecule has 0 saturated heterocycles. The first-order valence-electron chi connectivity index (χ1n) is 8.00. The zero-order chi connectivity index (χ0) is 17.6. The van der Waals surface area contributed by atoms with Crippen molar-refractivity contribution in [3.63, 3.8) is 0 Å². The van der Waals surface area contributed by atoms with E-state index in [1.54, 1.807) is 0 Å². The van der Waals surface area contributed by atoms with Crippen molar-refractivity contribution in [1.29, 1.82) is 0 Å². The molecule has 2 N–H and O–H groups in total. The lowest BCUT2D eigenvalue weighted by Crippen LogP contribution is -2.11. The fraction of sp³-hybridized carbons (Fsp3) is 0.300. The molecule has 1 unspecified atom stereocenters. The third-order valence-electron chi connectivity index (χ3n) is 3.61. The van der Waals surface area contributed by atoms with Crippen LogP contribution in [0, 0.1) is 0 Å². The van der Waals surface area contributed by atoms with Gasteiger partial charge in [0.05, 0.1) is 0 Å². The summed E-state index contributed by atoms with van der Waals surface area (Å²) in [5.74, 6) is 0. The molecular weight excluding hydrogens is 304 g/mol. The zero-order valence-corrected chi connectivity index (χ0v) is 15.5. The normalized spacial score (nSPS) is 13.1. The largest absolute Gasteiger partial charge is 0.346 e. The summed E-state index contributed by atoms with van der Waals surface area (Å²) in [7, 11) is 2.04. The molecule has 0 spiro atoms. The first-order chi connectivity index (χ1) is 11.0. The molecule has 1 atom stereocenters. The Balaban J connectivity index is 0.00000127. The van der Waals surface area contributed by atoms with Crippen molar-refractivity contribution >= 4 is 28.1 Å². The minimum Gasteiger partial charge on any atom is -0.346 e. The van der Waals surface area contributed by atoms with E-state index in [-0.39, 0.29) is 6.04 Å². The molecule has 2 rings (SSSR count). The first-order valence-corrected chi connectivity index (χ1v) is 8.38. The Labute approximate surface area is 144 Å². The lowest BCUT2D eigenvalue weighted by Gasteiger charge is -2.12. The standard InChI is InChI=1S/C18H21ClN2.C2H6/c1-5-7-8-13(6-2)17-15-11-14(19)9-10-16(15)21(4)18(17)12(3)20;1-2/h5-12H,2,20H2,1,3-4H3;1-2H3/b7-5-,13-8+;. The lowest BCUT2D eigenvalue weighted by molar-refractivity contribution is 0.724. The Bertz CT molecular complexity index is 734. The third kappa shape index (κ3) is 3.95. The topological polar surface area (TPSA) is 30.9 Å². The van der Waals surface area contributed by atoms with Crippen LogP contribution < -0.4 is 5.73 Å². The number of hydrogen-bond donors (Lipinski definition) is 1. The molecule has 1 heterocycles. The molecule has 0 radical (unpaired) electrons. The molecule has 0 aliphatic carbocycles. The van der Waals surface area contributed by atoms with Crippen molar-refractivity contribution in [3.05, 3.63) is 65.4 Å². The summed E-state index contributed by atoms with van der Waals surface area (Å²) in [5.41, 5.74) is 10.6. The van der Waals surface area contributed by atoms with E-state index in [1.807, 2.05) is 71.2 Å². The maximum absolute atomic E-state index is 6.21. The molecule has 1 aromatic heterocycles. The van der Waals surface area contributed by atoms with E-state index in [1.165, 1.54) is 0 Å². The molecule has 0 aliphatic heterocycles. The van der Waals surface area contributed by atoms with Crippen molar-refractivity contribution in [2.75, 3.05) is 0 Å². The van der Waals surface area contributed by atoms with E-state index < -0.39 is 0 Å². The van der Waals surface area contributed by atoms with Gasteiger partial charge in [0.1, 0.15) is 0 Å². The summed E-state index contributed by atoms with van der Waals surface area (Å²) in [6, 6.07) is 5.85. The number of nitrogens with zero attached hydrogens (tertiary/aromatic N) is 1. The molecule has 1 aromatic carbocycles. The van der Waals surface area contributed by atoms with E-state index >= 15 is 0 Å². The zero-order valence-electron chi connectivity index (χ0n) is 14.7. The van der Waals surface area contributed by atoms with Crippen LogP contribution in [0.5, 0.6) is 0 Å². The van der Waals surface area contributed by atoms with E-state index in [0.29, 0.717) is 0 Å². The molecule has 3 heteroatoms. The Morgan fingerprint density at radius 2 is 2.00 bits per heavy atom. The first kappa shape index (κ1) is 19.3. The van der Waals surface area contributed by atoms with Gasteiger partial charge in [0.25, 0.3) is 0 Å². The average Bonchev–Trinajstić information content (AvgIpc) is 2.83. The maximum Gasteiger partial charge on any atom is 0.0487 e. The number of halogens is 1. The molecule has 0 saturated carbocycles. The molecule has 0 aliphatic rings. The van der Waals surface area contributed by atoms with Gasteiger partial charge >= 0.3 is 0 Å². The summed E-state index contributed by atoms with van der Waals surface area (Å²) in [4.78, 5) is 0. The highest BCUT2D eigenvalue weighted by atomic mass is 35.5. The van der Waals surface area contributed by atoms with Crippen LogP contribution in [0.1, 0.15) is 45.0 Å². The van der Waals surface area contributed by atoms with Crippen molar-refractivity contribution < 1.29 is 0 Å². The molecular formula is C20H27ClN2. The highest BCUT2D eigenvalue weighted by Gasteiger charge is 2.19. The monoisotopic (exact) mass is 330 g/mol. The van der Waals surface area contributed by atoms with Crippen LogP contribution in [-0.4, -0.2) is 4.57 Å². The molecule has 2 aromatic rings. The number of rotatable bonds is 4. The highest BCUT2D eigenvalue weighted by Crippen LogP contribution is 2.35. The number of aryl methyl sites for hydroxylation is 1. The summed E-state index contributed by atoms with van der Waals surface area (Å²) in [6.45, 7) is 11.9. The van der Waals surface area contributed by atoms with Crippen LogP contribution in [0.4, 0.5) is 0 Å². The van der Waals surface area contributed by atoms with Crippen molar-refractivity contribution in [1.82, 2.24) is 4.57 Å². The van der Waals surface area contributed by atoms with Gasteiger partial charge in [0.15, 0.2) is 0 Å². The predicted molar refractivity (Wildman–Crippen MR) is 105 cm³/mol. The number of nitrogens with two attached hydrogens (primary N) is 1. The molecule has 23 heavy (non-hydrogen) atoms. The molecule has 0 amide bonds. The number of allylic oxidation sites excluding steroid dienone is 5. The number of hydrogen-bond acceptors (Lipinski definition) is 1. The number of benzene rings is 1. The van der Waals surface area contributed by atoms with Crippen molar-refractivity contribution in [2.45, 2.75) is 33.7 Å². The smallest absolute Gasteiger partial charge is 0.0487 e. The van der Waals surface area contributed by atoms with Gasteiger partial charge in [-0.15, -0.1) is 0 Å². The fourth-order valence-corrected chi connectivity index (χ4v) is 2.90. The summed E-state index contributed by atoms with van der Waals surface area (Å²) >= 11 is 6.18. The number of fused-ring (bicyclic) bond motifs is 1. The highest BCUT2D eigenvalue weighted by molar-refractivity contribution is 6.31. The Morgan fingerprint density at radius 3 is 2.52 bits per heavy atom. The van der Waals surface area contributed by atoms with E-state index in [9.17, 15) is 0 Å². The molecule has 0 bridgehead atoms. The second-order valence-corrected chi connectivity index (χ2v) is 5.56. The van der Waals surface area contributed by atoms with Crippen LogP contribution >= 0.6 is 11.6 Å². The molecule has 124 valence electrons. The van der Waals surface area contributed by atoms with E-state index in [0.717, 1.165) is 32.8 Å². The lowest BCUT2D eigenvalue weighted by atomic mass is 9.99. The van der Waals surface area contributed by atoms with Gasteiger partial charge < -0.3 is 10.3 Å². The predicted octanol–water partition coefficient (Wildman–Crippen LogP) is 6.02. The summed E-state index contributed by atoms with van der Waals surface area (Å²) in [6.07, 6.45) is 7.91. The van der Waals surface area contributed by atoms with E-state index in [2.05, 4.69) is 17.2 Å². The third-order valence-corrected chi connectivity index (χ3v) is 3.85. The Morgan fingerprint density at radius 1 is 1.35 bits per heavy atom. The van der Waals surface area contributed by atoms with Gasteiger partial charge in [-0.2, -0.15) is 0 Å². The average molecular weight is 331 g/mol. The van der Waals surface area contributed by atoms with Gasteiger partial charge in [-0.05, 0) is 37.6 Å². The second-order valence-electron chi connectivity index (χ2n) is 5.12. The number of aromatic nitrogens is 1. The van der Waals surface area contributed by atoms with Crippen LogP contribution in [0.15, 0.2) is 49.1 Å². The summed E-state index contributed by atoms with van der Waals surface area (Å²) in [5, 5.41) is 1.83. The summed E-state index contributed by atoms with van der Waals surface area (Å²) < 4.78 is 2.14. The van der Waals surface area contributed by atoms with Crippen LogP contribution in [0.3, 0.4) is 0 Å². The van der Waals surface area contributed by atoms with Gasteiger partial charge in [-0.25, -0.2) is 0 Å². The SMILES string of the molecule is C=C/C(=C\C=C/C)c1c(C(C)N)n(C)c2ccc(Cl)cc12.CC. The van der Waals surface area contributed by atoms with Gasteiger partial charge in [0.2, 0.25) is 0 Å². The van der Waals surface area contributed by atoms with Crippen LogP contribution in [0.25, 0.3) is 16.5 Å². The Kier molecular flexibility index (Phi) is 7.34. The van der Waals surface area contributed by atoms with Crippen LogP contribution in [0.2, 0.25) is 5.02 Å². The minimum atomic E-state index is -0.0786. The fourth-order valence-electron chi connectivity index (χ4n) is 2.73. The second kappa shape index (κ2) is 8.76. The van der Waals surface area contributed by atoms with Crippen LogP contribution in [-0.2, 0) is 7.05 Å². The molecule has 2 nitrogen and oxygen atoms in total.